The predicted octanol–water partition coefficient (Wildman–Crippen LogP) is 3.85. The molecule has 0 saturated heterocycles. The molecule has 0 atom stereocenters. The van der Waals surface area contributed by atoms with E-state index in [0.717, 1.165) is 24.8 Å². The topological polar surface area (TPSA) is 83.5 Å². The summed E-state index contributed by atoms with van der Waals surface area (Å²) in [6, 6.07) is 13.7. The Kier molecular flexibility index (Phi) is 6.58. The molecular formula is C19H23NO4S. The molecule has 6 heteroatoms. The van der Waals surface area contributed by atoms with Gasteiger partial charge in [0.2, 0.25) is 0 Å². The molecule has 0 heterocycles. The number of sulfonamides is 1. The lowest BCUT2D eigenvalue weighted by molar-refractivity contribution is -0.136. The molecular weight excluding hydrogens is 338 g/mol. The number of hydrogen-bond donors (Lipinski definition) is 2. The predicted molar refractivity (Wildman–Crippen MR) is 98.3 cm³/mol. The quantitative estimate of drug-likeness (QED) is 0.711. The Hall–Kier alpha value is -2.34. The Labute approximate surface area is 148 Å². The summed E-state index contributed by atoms with van der Waals surface area (Å²) >= 11 is 0. The van der Waals surface area contributed by atoms with Crippen LogP contribution in [0.1, 0.15) is 37.3 Å². The van der Waals surface area contributed by atoms with Gasteiger partial charge in [0.15, 0.2) is 0 Å². The Morgan fingerprint density at radius 3 is 2.08 bits per heavy atom. The maximum atomic E-state index is 12.4. The minimum atomic E-state index is -3.66. The maximum Gasteiger partial charge on any atom is 0.303 e. The Morgan fingerprint density at radius 2 is 1.52 bits per heavy atom. The van der Waals surface area contributed by atoms with Crippen LogP contribution in [0.3, 0.4) is 0 Å². The first-order chi connectivity index (χ1) is 11.9. The SMILES string of the molecule is CCCCc1ccc(NS(=O)(=O)c2ccc(CCC(=O)O)cc2)cc1. The van der Waals surface area contributed by atoms with Crippen LogP contribution < -0.4 is 4.72 Å². The number of unbranched alkanes of at least 4 members (excludes halogenated alkanes) is 1. The van der Waals surface area contributed by atoms with Crippen molar-refractivity contribution >= 4 is 21.7 Å². The highest BCUT2D eigenvalue weighted by Gasteiger charge is 2.14. The largest absolute Gasteiger partial charge is 0.481 e. The van der Waals surface area contributed by atoms with Crippen molar-refractivity contribution in [3.8, 4) is 0 Å². The number of aliphatic carboxylic acids is 1. The van der Waals surface area contributed by atoms with E-state index in [1.165, 1.54) is 17.7 Å². The van der Waals surface area contributed by atoms with Gasteiger partial charge >= 0.3 is 5.97 Å². The molecule has 134 valence electrons. The third kappa shape index (κ3) is 5.90. The first kappa shape index (κ1) is 19.0. The molecule has 2 aromatic carbocycles. The Bertz CT molecular complexity index is 796. The molecule has 0 aliphatic heterocycles. The fourth-order valence-corrected chi connectivity index (χ4v) is 3.48. The molecule has 0 aliphatic rings. The van der Waals surface area contributed by atoms with Gasteiger partial charge in [-0.1, -0.05) is 37.6 Å². The zero-order valence-electron chi connectivity index (χ0n) is 14.2. The number of benzene rings is 2. The van der Waals surface area contributed by atoms with Gasteiger partial charge in [-0.15, -0.1) is 0 Å². The van der Waals surface area contributed by atoms with Crippen molar-refractivity contribution in [2.45, 2.75) is 43.9 Å². The van der Waals surface area contributed by atoms with Crippen LogP contribution in [0, 0.1) is 0 Å². The summed E-state index contributed by atoms with van der Waals surface area (Å²) in [5, 5.41) is 8.68. The number of rotatable bonds is 9. The second kappa shape index (κ2) is 8.67. The molecule has 0 bridgehead atoms. The smallest absolute Gasteiger partial charge is 0.303 e. The normalized spacial score (nSPS) is 11.2. The van der Waals surface area contributed by atoms with Crippen LogP contribution in [-0.4, -0.2) is 19.5 Å². The molecule has 0 spiro atoms. The molecule has 0 fully saturated rings. The highest BCUT2D eigenvalue weighted by Crippen LogP contribution is 2.18. The van der Waals surface area contributed by atoms with Gasteiger partial charge in [-0.05, 0) is 54.7 Å². The number of aryl methyl sites for hydroxylation is 2. The Morgan fingerprint density at radius 1 is 0.960 bits per heavy atom. The average molecular weight is 361 g/mol. The van der Waals surface area contributed by atoms with Crippen molar-refractivity contribution in [1.82, 2.24) is 0 Å². The van der Waals surface area contributed by atoms with Crippen molar-refractivity contribution in [1.29, 1.82) is 0 Å². The number of nitrogens with one attached hydrogen (secondary N) is 1. The average Bonchev–Trinajstić information content (AvgIpc) is 2.59. The molecule has 25 heavy (non-hydrogen) atoms. The summed E-state index contributed by atoms with van der Waals surface area (Å²) in [5.41, 5.74) is 2.50. The number of carbonyl (C=O) groups is 1. The molecule has 0 radical (unpaired) electrons. The first-order valence-corrected chi connectivity index (χ1v) is 9.81. The van der Waals surface area contributed by atoms with Crippen LogP contribution in [0.25, 0.3) is 0 Å². The van der Waals surface area contributed by atoms with E-state index >= 15 is 0 Å². The molecule has 2 N–H and O–H groups in total. The van der Waals surface area contributed by atoms with E-state index in [1.807, 2.05) is 12.1 Å². The molecule has 0 amide bonds. The zero-order valence-corrected chi connectivity index (χ0v) is 15.1. The number of hydrogen-bond acceptors (Lipinski definition) is 3. The lowest BCUT2D eigenvalue weighted by atomic mass is 10.1. The van der Waals surface area contributed by atoms with Crippen LogP contribution in [0.2, 0.25) is 0 Å². The van der Waals surface area contributed by atoms with Crippen molar-refractivity contribution < 1.29 is 18.3 Å². The van der Waals surface area contributed by atoms with E-state index < -0.39 is 16.0 Å². The molecule has 0 aliphatic carbocycles. The van der Waals surface area contributed by atoms with Crippen LogP contribution >= 0.6 is 0 Å². The third-order valence-corrected chi connectivity index (χ3v) is 5.28. The van der Waals surface area contributed by atoms with Gasteiger partial charge < -0.3 is 5.11 Å². The van der Waals surface area contributed by atoms with Crippen molar-refractivity contribution in [3.05, 3.63) is 59.7 Å². The molecule has 0 saturated carbocycles. The highest BCUT2D eigenvalue weighted by molar-refractivity contribution is 7.92. The summed E-state index contributed by atoms with van der Waals surface area (Å²) in [6.45, 7) is 2.13. The van der Waals surface area contributed by atoms with E-state index in [9.17, 15) is 13.2 Å². The number of carboxylic acids is 1. The van der Waals surface area contributed by atoms with E-state index in [4.69, 9.17) is 5.11 Å². The first-order valence-electron chi connectivity index (χ1n) is 8.33. The van der Waals surface area contributed by atoms with Crippen LogP contribution in [0.5, 0.6) is 0 Å². The number of anilines is 1. The second-order valence-corrected chi connectivity index (χ2v) is 7.63. The van der Waals surface area contributed by atoms with Gasteiger partial charge in [-0.2, -0.15) is 0 Å². The second-order valence-electron chi connectivity index (χ2n) is 5.94. The van der Waals surface area contributed by atoms with Gasteiger partial charge in [0, 0.05) is 12.1 Å². The Balaban J connectivity index is 2.04. The van der Waals surface area contributed by atoms with E-state index in [1.54, 1.807) is 24.3 Å². The molecule has 0 aromatic heterocycles. The van der Waals surface area contributed by atoms with Crippen molar-refractivity contribution in [3.63, 3.8) is 0 Å². The van der Waals surface area contributed by atoms with E-state index in [2.05, 4.69) is 11.6 Å². The van der Waals surface area contributed by atoms with Crippen LogP contribution in [-0.2, 0) is 27.7 Å². The molecule has 5 nitrogen and oxygen atoms in total. The summed E-state index contributed by atoms with van der Waals surface area (Å²) in [4.78, 5) is 10.7. The lowest BCUT2D eigenvalue weighted by Gasteiger charge is -2.09. The van der Waals surface area contributed by atoms with Crippen LogP contribution in [0.15, 0.2) is 53.4 Å². The number of carboxylic acid groups (broad SMARTS) is 1. The highest BCUT2D eigenvalue weighted by atomic mass is 32.2. The van der Waals surface area contributed by atoms with E-state index in [-0.39, 0.29) is 11.3 Å². The fraction of sp³-hybridized carbons (Fsp3) is 0.316. The summed E-state index contributed by atoms with van der Waals surface area (Å²) in [5.74, 6) is -0.874. The van der Waals surface area contributed by atoms with Crippen molar-refractivity contribution in [2.75, 3.05) is 4.72 Å². The summed E-state index contributed by atoms with van der Waals surface area (Å²) in [6.07, 6.45) is 3.62. The lowest BCUT2D eigenvalue weighted by Crippen LogP contribution is -2.13. The standard InChI is InChI=1S/C19H23NO4S/c1-2-3-4-15-5-10-17(11-6-15)20-25(23,24)18-12-7-16(8-13-18)9-14-19(21)22/h5-8,10-13,20H,2-4,9,14H2,1H3,(H,21,22). The summed E-state index contributed by atoms with van der Waals surface area (Å²) in [7, 11) is -3.66. The maximum absolute atomic E-state index is 12.4. The minimum Gasteiger partial charge on any atom is -0.481 e. The van der Waals surface area contributed by atoms with Gasteiger partial charge in [-0.25, -0.2) is 8.42 Å². The van der Waals surface area contributed by atoms with Gasteiger partial charge in [0.25, 0.3) is 10.0 Å². The molecule has 2 rings (SSSR count). The van der Waals surface area contributed by atoms with E-state index in [0.29, 0.717) is 12.1 Å². The monoisotopic (exact) mass is 361 g/mol. The van der Waals surface area contributed by atoms with Gasteiger partial charge in [0.1, 0.15) is 0 Å². The minimum absolute atomic E-state index is 0.0225. The van der Waals surface area contributed by atoms with Crippen molar-refractivity contribution in [2.24, 2.45) is 0 Å². The molecule has 2 aromatic rings. The fourth-order valence-electron chi connectivity index (χ4n) is 2.42. The molecule has 0 unspecified atom stereocenters. The van der Waals surface area contributed by atoms with Gasteiger partial charge in [-0.3, -0.25) is 9.52 Å². The third-order valence-electron chi connectivity index (χ3n) is 3.89. The summed E-state index contributed by atoms with van der Waals surface area (Å²) < 4.78 is 27.4. The van der Waals surface area contributed by atoms with Crippen LogP contribution in [0.4, 0.5) is 5.69 Å². The van der Waals surface area contributed by atoms with Gasteiger partial charge in [0.05, 0.1) is 4.90 Å². The zero-order chi connectivity index (χ0) is 18.3.